The molecular weight excluding hydrogens is 226 g/mol. The molecule has 0 radical (unpaired) electrons. The van der Waals surface area contributed by atoms with Gasteiger partial charge in [-0.2, -0.15) is 4.98 Å². The Kier molecular flexibility index (Phi) is 2.00. The maximum Gasteiger partial charge on any atom is 0.223 e. The lowest BCUT2D eigenvalue weighted by Gasteiger charge is -1.99. The second-order valence-electron chi connectivity index (χ2n) is 2.98. The van der Waals surface area contributed by atoms with Crippen molar-refractivity contribution in [3.8, 4) is 0 Å². The van der Waals surface area contributed by atoms with Crippen molar-refractivity contribution in [3.05, 3.63) is 18.7 Å². The molecule has 0 aliphatic rings. The summed E-state index contributed by atoms with van der Waals surface area (Å²) in [5.41, 5.74) is 6.91. The monoisotopic (exact) mass is 233 g/mol. The number of nitrogens with two attached hydrogens (primary N) is 1. The van der Waals surface area contributed by atoms with Crippen molar-refractivity contribution in [1.82, 2.24) is 29.9 Å². The molecule has 0 bridgehead atoms. The molecule has 0 spiro atoms. The molecule has 0 atom stereocenters. The first-order chi connectivity index (χ1) is 7.83. The molecule has 0 aromatic carbocycles. The Bertz CT molecular complexity index is 614. The van der Waals surface area contributed by atoms with Gasteiger partial charge < -0.3 is 15.7 Å². The number of fused-ring (bicyclic) bond motifs is 1. The molecule has 80 valence electrons. The van der Waals surface area contributed by atoms with Crippen molar-refractivity contribution in [2.75, 3.05) is 5.73 Å². The summed E-state index contributed by atoms with van der Waals surface area (Å²) in [4.78, 5) is 22.2. The van der Waals surface area contributed by atoms with Gasteiger partial charge in [0.15, 0.2) is 10.8 Å². The van der Waals surface area contributed by atoms with Crippen LogP contribution < -0.4 is 5.73 Å². The number of aromatic nitrogens is 6. The van der Waals surface area contributed by atoms with E-state index in [1.165, 1.54) is 11.8 Å². The molecule has 8 heteroatoms. The van der Waals surface area contributed by atoms with Gasteiger partial charge in [0.2, 0.25) is 5.95 Å². The fraction of sp³-hybridized carbons (Fsp3) is 0. The first-order valence-corrected chi connectivity index (χ1v) is 5.28. The quantitative estimate of drug-likeness (QED) is 0.565. The highest BCUT2D eigenvalue weighted by Gasteiger charge is 2.10. The zero-order valence-electron chi connectivity index (χ0n) is 8.01. The first-order valence-electron chi connectivity index (χ1n) is 4.47. The van der Waals surface area contributed by atoms with E-state index in [1.807, 2.05) is 0 Å². The molecule has 4 N–H and O–H groups in total. The number of nitrogens with one attached hydrogen (secondary N) is 2. The molecule has 3 aromatic heterocycles. The number of hydrogen-bond donors (Lipinski definition) is 3. The van der Waals surface area contributed by atoms with Gasteiger partial charge in [0.05, 0.1) is 6.33 Å². The standard InChI is InChI=1S/C8H7N7S/c9-7-14-5-4(12-3-13-5)6(15-7)16-8-10-1-2-11-8/h1-3H,(H,10,11)(H3,9,12,13,14,15). The summed E-state index contributed by atoms with van der Waals surface area (Å²) in [6.07, 6.45) is 4.99. The van der Waals surface area contributed by atoms with Crippen LogP contribution in [0.15, 0.2) is 28.9 Å². The van der Waals surface area contributed by atoms with Crippen LogP contribution >= 0.6 is 11.8 Å². The van der Waals surface area contributed by atoms with E-state index in [0.717, 1.165) is 10.7 Å². The summed E-state index contributed by atoms with van der Waals surface area (Å²) >= 11 is 1.37. The maximum atomic E-state index is 5.59. The molecule has 0 unspecified atom stereocenters. The van der Waals surface area contributed by atoms with Crippen LogP contribution in [0.2, 0.25) is 0 Å². The first kappa shape index (κ1) is 9.16. The van der Waals surface area contributed by atoms with E-state index >= 15 is 0 Å². The molecular formula is C8H7N7S. The Morgan fingerprint density at radius 1 is 1.19 bits per heavy atom. The largest absolute Gasteiger partial charge is 0.368 e. The summed E-state index contributed by atoms with van der Waals surface area (Å²) in [6.45, 7) is 0. The van der Waals surface area contributed by atoms with E-state index in [1.54, 1.807) is 18.7 Å². The lowest BCUT2D eigenvalue weighted by Crippen LogP contribution is -1.97. The molecule has 0 fully saturated rings. The van der Waals surface area contributed by atoms with E-state index < -0.39 is 0 Å². The lowest BCUT2D eigenvalue weighted by molar-refractivity contribution is 1.04. The summed E-state index contributed by atoms with van der Waals surface area (Å²) in [5, 5.41) is 1.45. The maximum absolute atomic E-state index is 5.59. The number of H-pyrrole nitrogens is 2. The molecule has 7 nitrogen and oxygen atoms in total. The minimum atomic E-state index is 0.202. The highest BCUT2D eigenvalue weighted by molar-refractivity contribution is 7.99. The van der Waals surface area contributed by atoms with Gasteiger partial charge in [-0.05, 0) is 11.8 Å². The van der Waals surface area contributed by atoms with Crippen molar-refractivity contribution < 1.29 is 0 Å². The minimum absolute atomic E-state index is 0.202. The smallest absolute Gasteiger partial charge is 0.223 e. The highest BCUT2D eigenvalue weighted by Crippen LogP contribution is 2.27. The number of aromatic amines is 2. The van der Waals surface area contributed by atoms with Gasteiger partial charge in [-0.25, -0.2) is 15.0 Å². The normalized spacial score (nSPS) is 11.0. The van der Waals surface area contributed by atoms with Crippen LogP contribution in [0.3, 0.4) is 0 Å². The number of anilines is 1. The van der Waals surface area contributed by atoms with Gasteiger partial charge >= 0.3 is 0 Å². The number of nitrogen functional groups attached to an aromatic ring is 1. The van der Waals surface area contributed by atoms with Crippen molar-refractivity contribution in [2.24, 2.45) is 0 Å². The van der Waals surface area contributed by atoms with Gasteiger partial charge in [-0.3, -0.25) is 0 Å². The zero-order chi connectivity index (χ0) is 11.0. The van der Waals surface area contributed by atoms with E-state index in [4.69, 9.17) is 5.73 Å². The van der Waals surface area contributed by atoms with Crippen LogP contribution in [-0.4, -0.2) is 29.9 Å². The predicted molar refractivity (Wildman–Crippen MR) is 58.8 cm³/mol. The van der Waals surface area contributed by atoms with Crippen molar-refractivity contribution in [2.45, 2.75) is 10.2 Å². The third-order valence-corrected chi connectivity index (χ3v) is 2.84. The third kappa shape index (κ3) is 1.48. The van der Waals surface area contributed by atoms with Gasteiger partial charge in [0.1, 0.15) is 10.5 Å². The average molecular weight is 233 g/mol. The number of rotatable bonds is 2. The van der Waals surface area contributed by atoms with Gasteiger partial charge in [0, 0.05) is 12.4 Å². The van der Waals surface area contributed by atoms with Gasteiger partial charge in [-0.1, -0.05) is 0 Å². The number of hydrogen-bond acceptors (Lipinski definition) is 6. The average Bonchev–Trinajstić information content (AvgIpc) is 2.87. The van der Waals surface area contributed by atoms with Crippen LogP contribution in [0, 0.1) is 0 Å². The second-order valence-corrected chi connectivity index (χ2v) is 3.96. The molecule has 0 saturated carbocycles. The van der Waals surface area contributed by atoms with Gasteiger partial charge in [-0.15, -0.1) is 0 Å². The lowest BCUT2D eigenvalue weighted by atomic mass is 10.5. The van der Waals surface area contributed by atoms with Crippen molar-refractivity contribution in [1.29, 1.82) is 0 Å². The van der Waals surface area contributed by atoms with Crippen molar-refractivity contribution >= 4 is 28.9 Å². The molecule has 3 aromatic rings. The van der Waals surface area contributed by atoms with Crippen molar-refractivity contribution in [3.63, 3.8) is 0 Å². The minimum Gasteiger partial charge on any atom is -0.368 e. The Morgan fingerprint density at radius 3 is 2.94 bits per heavy atom. The predicted octanol–water partition coefficient (Wildman–Crippen LogP) is 0.809. The Labute approximate surface area is 93.9 Å². The van der Waals surface area contributed by atoms with Crippen LogP contribution in [0.1, 0.15) is 0 Å². The number of nitrogens with zero attached hydrogens (tertiary/aromatic N) is 4. The molecule has 0 amide bonds. The Morgan fingerprint density at radius 2 is 2.12 bits per heavy atom. The van der Waals surface area contributed by atoms with E-state index in [2.05, 4.69) is 29.9 Å². The summed E-state index contributed by atoms with van der Waals surface area (Å²) in [6, 6.07) is 0. The van der Waals surface area contributed by atoms with E-state index in [9.17, 15) is 0 Å². The topological polar surface area (TPSA) is 109 Å². The summed E-state index contributed by atoms with van der Waals surface area (Å²) in [5.74, 6) is 0.202. The van der Waals surface area contributed by atoms with Crippen LogP contribution in [-0.2, 0) is 0 Å². The second kappa shape index (κ2) is 3.49. The fourth-order valence-corrected chi connectivity index (χ4v) is 2.11. The molecule has 3 rings (SSSR count). The van der Waals surface area contributed by atoms with Crippen LogP contribution in [0.25, 0.3) is 11.2 Å². The van der Waals surface area contributed by atoms with Crippen LogP contribution in [0.5, 0.6) is 0 Å². The highest BCUT2D eigenvalue weighted by atomic mass is 32.2. The molecule has 0 saturated heterocycles. The Hall–Kier alpha value is -2.09. The molecule has 3 heterocycles. The molecule has 0 aliphatic heterocycles. The van der Waals surface area contributed by atoms with E-state index in [-0.39, 0.29) is 5.95 Å². The fourth-order valence-electron chi connectivity index (χ4n) is 1.29. The number of imidazole rings is 2. The summed E-state index contributed by atoms with van der Waals surface area (Å²) in [7, 11) is 0. The van der Waals surface area contributed by atoms with Crippen LogP contribution in [0.4, 0.5) is 5.95 Å². The molecule has 0 aliphatic carbocycles. The molecule has 16 heavy (non-hydrogen) atoms. The summed E-state index contributed by atoms with van der Waals surface area (Å²) < 4.78 is 0. The Balaban J connectivity index is 2.11. The van der Waals surface area contributed by atoms with Gasteiger partial charge in [0.25, 0.3) is 0 Å². The third-order valence-electron chi connectivity index (χ3n) is 1.94. The zero-order valence-corrected chi connectivity index (χ0v) is 8.82. The SMILES string of the molecule is Nc1nc(Sc2ncc[nH]2)c2[nH]cnc2n1. The van der Waals surface area contributed by atoms with E-state index in [0.29, 0.717) is 10.7 Å².